The average molecular weight is 450 g/mol. The minimum atomic E-state index is -0.516. The summed E-state index contributed by atoms with van der Waals surface area (Å²) in [4.78, 5) is 33.1. The van der Waals surface area contributed by atoms with Crippen LogP contribution in [0.1, 0.15) is 29.0 Å². The lowest BCUT2D eigenvalue weighted by Gasteiger charge is -2.26. The van der Waals surface area contributed by atoms with Gasteiger partial charge in [0.05, 0.1) is 12.7 Å². The molecule has 0 fully saturated rings. The third kappa shape index (κ3) is 4.55. The number of fused-ring (bicyclic) bond motifs is 1. The number of carbonyl (C=O) groups excluding carboxylic acids is 1. The van der Waals surface area contributed by atoms with Crippen LogP contribution in [-0.2, 0) is 10.5 Å². The van der Waals surface area contributed by atoms with Gasteiger partial charge in [0.2, 0.25) is 5.91 Å². The molecule has 164 valence electrons. The van der Waals surface area contributed by atoms with Gasteiger partial charge in [-0.25, -0.2) is 4.98 Å². The van der Waals surface area contributed by atoms with Crippen LogP contribution in [0, 0.1) is 0 Å². The van der Waals surface area contributed by atoms with Crippen LogP contribution >= 0.6 is 11.8 Å². The van der Waals surface area contributed by atoms with E-state index in [1.54, 1.807) is 19.3 Å². The van der Waals surface area contributed by atoms with Crippen LogP contribution in [0.3, 0.4) is 0 Å². The van der Waals surface area contributed by atoms with Crippen molar-refractivity contribution in [1.29, 1.82) is 0 Å². The van der Waals surface area contributed by atoms with Crippen molar-refractivity contribution < 1.29 is 14.3 Å². The fraction of sp³-hybridized carbons (Fsp3) is 0.208. The number of methoxy groups -OCH3 is 1. The summed E-state index contributed by atoms with van der Waals surface area (Å²) in [5.41, 5.74) is 1.93. The van der Waals surface area contributed by atoms with Gasteiger partial charge in [-0.1, -0.05) is 66.9 Å². The number of H-pyrrole nitrogens is 1. The van der Waals surface area contributed by atoms with E-state index < -0.39 is 5.92 Å². The quantitative estimate of drug-likeness (QED) is 0.305. The lowest BCUT2D eigenvalue weighted by Crippen LogP contribution is -2.31. The zero-order valence-electron chi connectivity index (χ0n) is 17.6. The third-order valence-electron chi connectivity index (χ3n) is 5.10. The van der Waals surface area contributed by atoms with Gasteiger partial charge in [-0.15, -0.1) is 0 Å². The number of benzene rings is 2. The molecule has 2 heterocycles. The molecule has 1 aliphatic rings. The highest BCUT2D eigenvalue weighted by atomic mass is 32.2. The SMILES string of the molecule is C=CCOc1c(OC)cccc1[C@@H]1CC(=O)Nc2nc(SCc3ccccc3)[nH]c(=O)c21. The van der Waals surface area contributed by atoms with E-state index in [-0.39, 0.29) is 30.3 Å². The van der Waals surface area contributed by atoms with Crippen LogP contribution in [0.2, 0.25) is 0 Å². The van der Waals surface area contributed by atoms with Gasteiger partial charge < -0.3 is 19.8 Å². The van der Waals surface area contributed by atoms with Crippen molar-refractivity contribution in [2.24, 2.45) is 0 Å². The number of nitrogens with zero attached hydrogens (tertiary/aromatic N) is 1. The molecule has 2 aromatic carbocycles. The molecule has 0 unspecified atom stereocenters. The monoisotopic (exact) mass is 449 g/mol. The zero-order chi connectivity index (χ0) is 22.5. The lowest BCUT2D eigenvalue weighted by molar-refractivity contribution is -0.116. The Balaban J connectivity index is 1.72. The predicted octanol–water partition coefficient (Wildman–Crippen LogP) is 4.11. The molecule has 1 aromatic heterocycles. The topological polar surface area (TPSA) is 93.3 Å². The second kappa shape index (κ2) is 9.74. The molecule has 0 aliphatic carbocycles. The molecule has 1 amide bonds. The number of nitrogens with one attached hydrogen (secondary N) is 2. The number of thioether (sulfide) groups is 1. The highest BCUT2D eigenvalue weighted by molar-refractivity contribution is 7.98. The molecule has 1 aliphatic heterocycles. The fourth-order valence-corrected chi connectivity index (χ4v) is 4.49. The number of aromatic nitrogens is 2. The maximum Gasteiger partial charge on any atom is 0.257 e. The summed E-state index contributed by atoms with van der Waals surface area (Å²) in [5, 5.41) is 3.21. The van der Waals surface area contributed by atoms with Gasteiger partial charge in [0.25, 0.3) is 5.56 Å². The van der Waals surface area contributed by atoms with Crippen molar-refractivity contribution in [1.82, 2.24) is 9.97 Å². The van der Waals surface area contributed by atoms with Crippen LogP contribution in [0.5, 0.6) is 11.5 Å². The summed E-state index contributed by atoms with van der Waals surface area (Å²) >= 11 is 1.41. The molecule has 0 radical (unpaired) electrons. The highest BCUT2D eigenvalue weighted by Gasteiger charge is 2.33. The summed E-state index contributed by atoms with van der Waals surface area (Å²) in [7, 11) is 1.55. The summed E-state index contributed by atoms with van der Waals surface area (Å²) in [6.45, 7) is 3.95. The summed E-state index contributed by atoms with van der Waals surface area (Å²) in [6.07, 6.45) is 1.73. The van der Waals surface area contributed by atoms with Crippen LogP contribution in [-0.4, -0.2) is 29.6 Å². The summed E-state index contributed by atoms with van der Waals surface area (Å²) in [5.74, 6) is 1.21. The number of anilines is 1. The summed E-state index contributed by atoms with van der Waals surface area (Å²) < 4.78 is 11.3. The Kier molecular flexibility index (Phi) is 6.61. The van der Waals surface area contributed by atoms with Crippen LogP contribution in [0.4, 0.5) is 5.82 Å². The van der Waals surface area contributed by atoms with E-state index in [2.05, 4.69) is 21.9 Å². The molecule has 32 heavy (non-hydrogen) atoms. The maximum atomic E-state index is 13.1. The second-order valence-electron chi connectivity index (χ2n) is 7.19. The first-order valence-corrected chi connectivity index (χ1v) is 11.1. The van der Waals surface area contributed by atoms with E-state index in [0.29, 0.717) is 33.5 Å². The largest absolute Gasteiger partial charge is 0.493 e. The molecule has 2 N–H and O–H groups in total. The van der Waals surface area contributed by atoms with Gasteiger partial charge in [0.15, 0.2) is 16.7 Å². The Morgan fingerprint density at radius 2 is 2.00 bits per heavy atom. The van der Waals surface area contributed by atoms with Crippen molar-refractivity contribution in [2.45, 2.75) is 23.2 Å². The normalized spacial score (nSPS) is 14.9. The van der Waals surface area contributed by atoms with Gasteiger partial charge in [0, 0.05) is 23.7 Å². The van der Waals surface area contributed by atoms with Gasteiger partial charge in [0.1, 0.15) is 12.4 Å². The Bertz CT molecular complexity index is 1190. The molecule has 0 saturated carbocycles. The molecule has 7 nitrogen and oxygen atoms in total. The molecule has 0 spiro atoms. The first-order valence-electron chi connectivity index (χ1n) is 10.1. The van der Waals surface area contributed by atoms with Crippen molar-refractivity contribution in [3.63, 3.8) is 0 Å². The number of hydrogen-bond acceptors (Lipinski definition) is 6. The fourth-order valence-electron chi connectivity index (χ4n) is 3.68. The van der Waals surface area contributed by atoms with E-state index in [1.165, 1.54) is 11.8 Å². The van der Waals surface area contributed by atoms with E-state index in [4.69, 9.17) is 9.47 Å². The molecule has 8 heteroatoms. The van der Waals surface area contributed by atoms with Crippen molar-refractivity contribution in [3.8, 4) is 11.5 Å². The Morgan fingerprint density at radius 1 is 1.19 bits per heavy atom. The third-order valence-corrected chi connectivity index (χ3v) is 6.04. The average Bonchev–Trinajstić information content (AvgIpc) is 2.81. The number of carbonyl (C=O) groups is 1. The molecule has 0 bridgehead atoms. The van der Waals surface area contributed by atoms with Crippen molar-refractivity contribution in [2.75, 3.05) is 19.0 Å². The number of aromatic amines is 1. The number of para-hydroxylation sites is 1. The van der Waals surface area contributed by atoms with E-state index in [9.17, 15) is 9.59 Å². The van der Waals surface area contributed by atoms with Crippen LogP contribution in [0.25, 0.3) is 0 Å². The Morgan fingerprint density at radius 3 is 2.75 bits per heavy atom. The molecule has 1 atom stereocenters. The highest BCUT2D eigenvalue weighted by Crippen LogP contribution is 2.42. The van der Waals surface area contributed by atoms with Gasteiger partial charge >= 0.3 is 0 Å². The maximum absolute atomic E-state index is 13.1. The molecule has 3 aromatic rings. The first kappa shape index (κ1) is 21.7. The van der Waals surface area contributed by atoms with Crippen molar-refractivity contribution in [3.05, 3.63) is 88.2 Å². The van der Waals surface area contributed by atoms with Crippen molar-refractivity contribution >= 4 is 23.5 Å². The standard InChI is InChI=1S/C24H23N3O4S/c1-3-12-31-21-16(10-7-11-18(21)30-2)17-13-19(28)25-22-20(17)23(29)27-24(26-22)32-14-15-8-5-4-6-9-15/h3-11,17H,1,12-14H2,2H3,(H2,25,26,27,28,29)/t17-/m0/s1. The smallest absolute Gasteiger partial charge is 0.257 e. The minimum absolute atomic E-state index is 0.103. The molecule has 4 rings (SSSR count). The van der Waals surface area contributed by atoms with E-state index in [1.807, 2.05) is 42.5 Å². The van der Waals surface area contributed by atoms with Gasteiger partial charge in [-0.2, -0.15) is 0 Å². The van der Waals surface area contributed by atoms with Crippen LogP contribution in [0.15, 0.2) is 71.1 Å². The van der Waals surface area contributed by atoms with Crippen LogP contribution < -0.4 is 20.3 Å². The van der Waals surface area contributed by atoms with E-state index in [0.717, 1.165) is 5.56 Å². The zero-order valence-corrected chi connectivity index (χ0v) is 18.4. The number of ether oxygens (including phenoxy) is 2. The Labute approximate surface area is 189 Å². The van der Waals surface area contributed by atoms with E-state index >= 15 is 0 Å². The number of amides is 1. The number of hydrogen-bond donors (Lipinski definition) is 2. The van der Waals surface area contributed by atoms with Gasteiger partial charge in [-0.3, -0.25) is 9.59 Å². The van der Waals surface area contributed by atoms with Gasteiger partial charge in [-0.05, 0) is 11.6 Å². The predicted molar refractivity (Wildman–Crippen MR) is 125 cm³/mol. The molecular weight excluding hydrogens is 426 g/mol. The number of rotatable bonds is 8. The second-order valence-corrected chi connectivity index (χ2v) is 8.15. The lowest BCUT2D eigenvalue weighted by atomic mass is 9.86. The molecule has 0 saturated heterocycles. The summed E-state index contributed by atoms with van der Waals surface area (Å²) in [6, 6.07) is 15.3. The minimum Gasteiger partial charge on any atom is -0.493 e. The molecular formula is C24H23N3O4S. The first-order chi connectivity index (χ1) is 15.6. The Hall–Kier alpha value is -3.52.